The Morgan fingerprint density at radius 2 is 1.79 bits per heavy atom. The zero-order chi connectivity index (χ0) is 26.7. The molecule has 0 saturated carbocycles. The molecule has 1 N–H and O–H groups in total. The number of aryl methyl sites for hydroxylation is 2. The Morgan fingerprint density at radius 1 is 1.05 bits per heavy atom. The Bertz CT molecular complexity index is 1240. The van der Waals surface area contributed by atoms with Crippen LogP contribution in [0.2, 0.25) is 0 Å². The SMILES string of the molecule is CN1CCC(OC2c3ccccc3CCn3cc(-c4ccc(CCOC(=O)NC(C)(C)C)cc4)nc32)CC1. The van der Waals surface area contributed by atoms with E-state index in [1.807, 2.05) is 20.8 Å². The minimum atomic E-state index is -0.382. The number of ether oxygens (including phenoxy) is 2. The second-order valence-corrected chi connectivity index (χ2v) is 11.6. The first-order valence-corrected chi connectivity index (χ1v) is 13.8. The highest BCUT2D eigenvalue weighted by Crippen LogP contribution is 2.35. The molecule has 0 spiro atoms. The number of nitrogens with zero attached hydrogens (tertiary/aromatic N) is 3. The van der Waals surface area contributed by atoms with Crippen molar-refractivity contribution in [1.29, 1.82) is 0 Å². The highest BCUT2D eigenvalue weighted by molar-refractivity contribution is 5.68. The Hall–Kier alpha value is -3.16. The topological polar surface area (TPSA) is 68.6 Å². The third kappa shape index (κ3) is 6.45. The van der Waals surface area contributed by atoms with E-state index in [4.69, 9.17) is 14.5 Å². The molecular weight excluding hydrogens is 476 g/mol. The molecule has 0 aliphatic carbocycles. The summed E-state index contributed by atoms with van der Waals surface area (Å²) in [4.78, 5) is 19.4. The second kappa shape index (κ2) is 11.3. The number of imidazole rings is 1. The largest absolute Gasteiger partial charge is 0.449 e. The molecule has 1 amide bonds. The van der Waals surface area contributed by atoms with Gasteiger partial charge in [-0.1, -0.05) is 48.5 Å². The third-order valence-corrected chi connectivity index (χ3v) is 7.35. The first kappa shape index (κ1) is 26.4. The van der Waals surface area contributed by atoms with Crippen molar-refractivity contribution in [1.82, 2.24) is 19.8 Å². The highest BCUT2D eigenvalue weighted by atomic mass is 16.5. The number of carbonyl (C=O) groups is 1. The number of hydrogen-bond donors (Lipinski definition) is 1. The average Bonchev–Trinajstić information content (AvgIpc) is 3.25. The molecule has 0 radical (unpaired) electrons. The predicted molar refractivity (Wildman–Crippen MR) is 149 cm³/mol. The molecule has 1 atom stereocenters. The number of alkyl carbamates (subject to hydrolysis) is 1. The second-order valence-electron chi connectivity index (χ2n) is 11.6. The molecule has 38 heavy (non-hydrogen) atoms. The lowest BCUT2D eigenvalue weighted by Gasteiger charge is -2.32. The summed E-state index contributed by atoms with van der Waals surface area (Å²) in [7, 11) is 2.18. The lowest BCUT2D eigenvalue weighted by atomic mass is 10.00. The maximum atomic E-state index is 11.9. The van der Waals surface area contributed by atoms with E-state index in [9.17, 15) is 4.79 Å². The van der Waals surface area contributed by atoms with Crippen molar-refractivity contribution in [2.75, 3.05) is 26.7 Å². The minimum Gasteiger partial charge on any atom is -0.449 e. The summed E-state index contributed by atoms with van der Waals surface area (Å²) in [5, 5.41) is 2.82. The lowest BCUT2D eigenvalue weighted by molar-refractivity contribution is -0.0275. The number of fused-ring (bicyclic) bond motifs is 2. The molecular formula is C31H40N4O3. The van der Waals surface area contributed by atoms with Crippen LogP contribution in [-0.2, 0) is 28.9 Å². The monoisotopic (exact) mass is 516 g/mol. The molecule has 2 aromatic carbocycles. The average molecular weight is 517 g/mol. The fourth-order valence-corrected chi connectivity index (χ4v) is 5.25. The molecule has 2 aliphatic heterocycles. The zero-order valence-corrected chi connectivity index (χ0v) is 23.1. The predicted octanol–water partition coefficient (Wildman–Crippen LogP) is 5.37. The molecule has 1 unspecified atom stereocenters. The van der Waals surface area contributed by atoms with Gasteiger partial charge in [0.15, 0.2) is 0 Å². The fraction of sp³-hybridized carbons (Fsp3) is 0.484. The number of piperidine rings is 1. The summed E-state index contributed by atoms with van der Waals surface area (Å²) in [6, 6.07) is 17.0. The summed E-state index contributed by atoms with van der Waals surface area (Å²) in [6.45, 7) is 9.17. The Labute approximate surface area is 226 Å². The van der Waals surface area contributed by atoms with Gasteiger partial charge in [-0.2, -0.15) is 0 Å². The van der Waals surface area contributed by atoms with Crippen LogP contribution in [0.4, 0.5) is 4.79 Å². The first-order valence-electron chi connectivity index (χ1n) is 13.8. The summed E-state index contributed by atoms with van der Waals surface area (Å²) in [5.41, 5.74) is 5.44. The minimum absolute atomic E-state index is 0.161. The Morgan fingerprint density at radius 3 is 2.53 bits per heavy atom. The number of likely N-dealkylation sites (tertiary alicyclic amines) is 1. The van der Waals surface area contributed by atoms with Gasteiger partial charge in [-0.3, -0.25) is 0 Å². The molecule has 1 aromatic heterocycles. The number of aromatic nitrogens is 2. The van der Waals surface area contributed by atoms with Gasteiger partial charge in [0.1, 0.15) is 11.9 Å². The summed E-state index contributed by atoms with van der Waals surface area (Å²) in [5.74, 6) is 0.992. The molecule has 1 saturated heterocycles. The van der Waals surface area contributed by atoms with Gasteiger partial charge in [-0.25, -0.2) is 9.78 Å². The van der Waals surface area contributed by atoms with Crippen LogP contribution >= 0.6 is 0 Å². The molecule has 0 bridgehead atoms. The highest BCUT2D eigenvalue weighted by Gasteiger charge is 2.30. The van der Waals surface area contributed by atoms with Crippen molar-refractivity contribution in [3.05, 3.63) is 77.2 Å². The van der Waals surface area contributed by atoms with E-state index in [0.717, 1.165) is 61.5 Å². The number of nitrogens with one attached hydrogen (secondary N) is 1. The van der Waals surface area contributed by atoms with Crippen molar-refractivity contribution in [2.24, 2.45) is 0 Å². The van der Waals surface area contributed by atoms with Gasteiger partial charge in [0, 0.05) is 43.4 Å². The third-order valence-electron chi connectivity index (χ3n) is 7.35. The van der Waals surface area contributed by atoms with Crippen LogP contribution in [0.3, 0.4) is 0 Å². The number of carbonyl (C=O) groups excluding carboxylic acids is 1. The maximum Gasteiger partial charge on any atom is 0.407 e. The Kier molecular flexibility index (Phi) is 7.86. The van der Waals surface area contributed by atoms with Crippen molar-refractivity contribution in [3.63, 3.8) is 0 Å². The van der Waals surface area contributed by atoms with E-state index in [0.29, 0.717) is 13.0 Å². The Balaban J connectivity index is 1.31. The van der Waals surface area contributed by atoms with Gasteiger partial charge in [-0.15, -0.1) is 0 Å². The van der Waals surface area contributed by atoms with Crippen molar-refractivity contribution in [3.8, 4) is 11.3 Å². The van der Waals surface area contributed by atoms with E-state index in [1.54, 1.807) is 0 Å². The van der Waals surface area contributed by atoms with Crippen LogP contribution in [0.15, 0.2) is 54.7 Å². The normalized spacial score (nSPS) is 18.4. The molecule has 5 rings (SSSR count). The van der Waals surface area contributed by atoms with Gasteiger partial charge >= 0.3 is 6.09 Å². The summed E-state index contributed by atoms with van der Waals surface area (Å²) in [6.07, 6.45) is 5.59. The van der Waals surface area contributed by atoms with E-state index < -0.39 is 0 Å². The van der Waals surface area contributed by atoms with Crippen LogP contribution in [-0.4, -0.2) is 58.9 Å². The van der Waals surface area contributed by atoms with Crippen LogP contribution in [0.1, 0.15) is 62.2 Å². The lowest BCUT2D eigenvalue weighted by Crippen LogP contribution is -2.41. The van der Waals surface area contributed by atoms with Crippen LogP contribution in [0.5, 0.6) is 0 Å². The summed E-state index contributed by atoms with van der Waals surface area (Å²) >= 11 is 0. The van der Waals surface area contributed by atoms with Crippen molar-refractivity contribution in [2.45, 2.75) is 70.7 Å². The molecule has 3 heterocycles. The zero-order valence-electron chi connectivity index (χ0n) is 23.1. The smallest absolute Gasteiger partial charge is 0.407 e. The van der Waals surface area contributed by atoms with Gasteiger partial charge in [0.25, 0.3) is 0 Å². The van der Waals surface area contributed by atoms with Crippen LogP contribution in [0, 0.1) is 0 Å². The number of rotatable bonds is 6. The molecule has 7 heteroatoms. The van der Waals surface area contributed by atoms with Gasteiger partial charge < -0.3 is 24.3 Å². The molecule has 2 aliphatic rings. The van der Waals surface area contributed by atoms with E-state index in [1.165, 1.54) is 11.1 Å². The van der Waals surface area contributed by atoms with Gasteiger partial charge in [-0.05, 0) is 63.8 Å². The molecule has 7 nitrogen and oxygen atoms in total. The molecule has 3 aromatic rings. The number of amides is 1. The summed E-state index contributed by atoms with van der Waals surface area (Å²) < 4.78 is 14.4. The van der Waals surface area contributed by atoms with Crippen LogP contribution in [0.25, 0.3) is 11.3 Å². The van der Waals surface area contributed by atoms with Gasteiger partial charge in [0.05, 0.1) is 18.4 Å². The maximum absolute atomic E-state index is 11.9. The van der Waals surface area contributed by atoms with Crippen molar-refractivity contribution >= 4 is 6.09 Å². The quantitative estimate of drug-likeness (QED) is 0.477. The van der Waals surface area contributed by atoms with Crippen LogP contribution < -0.4 is 5.32 Å². The van der Waals surface area contributed by atoms with E-state index in [-0.39, 0.29) is 23.8 Å². The first-order chi connectivity index (χ1) is 18.2. The number of benzene rings is 2. The molecule has 202 valence electrons. The van der Waals surface area contributed by atoms with Crippen molar-refractivity contribution < 1.29 is 14.3 Å². The molecule has 1 fully saturated rings. The van der Waals surface area contributed by atoms with E-state index in [2.05, 4.69) is 76.6 Å². The van der Waals surface area contributed by atoms with Gasteiger partial charge in [0.2, 0.25) is 0 Å². The standard InChI is InChI=1S/C31H40N4O3/c1-31(2,3)33-30(36)37-20-16-22-9-11-24(12-10-22)27-21-35-19-13-23-7-5-6-8-26(23)28(29(35)32-27)38-25-14-17-34(4)18-15-25/h5-12,21,25,28H,13-20H2,1-4H3,(H,33,36). The fourth-order valence-electron chi connectivity index (χ4n) is 5.25. The van der Waals surface area contributed by atoms with E-state index >= 15 is 0 Å². The number of hydrogen-bond acceptors (Lipinski definition) is 5.